The standard InChI is InChI=1S/C30H39N9O/c1-21-15-28(35-30(34-21)38-10-4-5-24(32)18-38)37-13-11-36(12-14-37)19-25-20-39(17-22(2)40-25)27-8-7-23(16-31)29-26(27)6-3-9-33-29/h3,6-9,15,22,24-25H,4-5,10-14,17-20,32H2,1-2H3/t22-,24-,25+/m1/s1. The monoisotopic (exact) mass is 541 g/mol. The molecule has 0 bridgehead atoms. The van der Waals surface area contributed by atoms with Gasteiger partial charge in [-0.3, -0.25) is 9.88 Å². The van der Waals surface area contributed by atoms with Gasteiger partial charge in [-0.2, -0.15) is 10.2 Å². The third-order valence-electron chi connectivity index (χ3n) is 8.26. The molecule has 5 heterocycles. The summed E-state index contributed by atoms with van der Waals surface area (Å²) < 4.78 is 6.42. The third kappa shape index (κ3) is 5.68. The zero-order valence-electron chi connectivity index (χ0n) is 23.5. The van der Waals surface area contributed by atoms with Crippen molar-refractivity contribution in [3.05, 3.63) is 47.8 Å². The van der Waals surface area contributed by atoms with Gasteiger partial charge in [-0.05, 0) is 51.0 Å². The summed E-state index contributed by atoms with van der Waals surface area (Å²) in [6.07, 6.45) is 4.13. The molecule has 2 N–H and O–H groups in total. The Bertz CT molecular complexity index is 1380. The van der Waals surface area contributed by atoms with Gasteiger partial charge in [0.1, 0.15) is 11.9 Å². The molecule has 40 heavy (non-hydrogen) atoms. The number of piperazine rings is 1. The molecule has 10 nitrogen and oxygen atoms in total. The average Bonchev–Trinajstić information content (AvgIpc) is 2.96. The molecule has 1 aromatic carbocycles. The molecule has 0 radical (unpaired) electrons. The van der Waals surface area contributed by atoms with Gasteiger partial charge in [0.25, 0.3) is 0 Å². The minimum Gasteiger partial charge on any atom is -0.370 e. The molecule has 3 aliphatic heterocycles. The number of fused-ring (bicyclic) bond motifs is 1. The number of anilines is 3. The van der Waals surface area contributed by atoms with Crippen molar-refractivity contribution < 1.29 is 4.74 Å². The molecule has 2 aromatic heterocycles. The number of aryl methyl sites for hydroxylation is 1. The molecule has 0 aliphatic carbocycles. The lowest BCUT2D eigenvalue weighted by molar-refractivity contribution is -0.0327. The molecule has 210 valence electrons. The van der Waals surface area contributed by atoms with Crippen LogP contribution in [0.4, 0.5) is 17.5 Å². The molecule has 3 fully saturated rings. The predicted octanol–water partition coefficient (Wildman–Crippen LogP) is 2.55. The highest BCUT2D eigenvalue weighted by molar-refractivity contribution is 5.95. The van der Waals surface area contributed by atoms with Gasteiger partial charge >= 0.3 is 0 Å². The molecule has 3 atom stereocenters. The number of nitrogens with zero attached hydrogens (tertiary/aromatic N) is 8. The molecule has 3 aromatic rings. The first-order valence-corrected chi connectivity index (χ1v) is 14.5. The van der Waals surface area contributed by atoms with E-state index in [1.54, 1.807) is 6.20 Å². The summed E-state index contributed by atoms with van der Waals surface area (Å²) in [5, 5.41) is 10.6. The lowest BCUT2D eigenvalue weighted by Gasteiger charge is -2.42. The van der Waals surface area contributed by atoms with E-state index in [1.807, 2.05) is 12.1 Å². The van der Waals surface area contributed by atoms with Gasteiger partial charge in [-0.25, -0.2) is 4.98 Å². The van der Waals surface area contributed by atoms with Crippen LogP contribution in [-0.2, 0) is 4.74 Å². The van der Waals surface area contributed by atoms with Crippen LogP contribution < -0.4 is 20.4 Å². The largest absolute Gasteiger partial charge is 0.370 e. The number of pyridine rings is 1. The van der Waals surface area contributed by atoms with E-state index in [9.17, 15) is 5.26 Å². The summed E-state index contributed by atoms with van der Waals surface area (Å²) in [4.78, 5) is 23.7. The minimum atomic E-state index is 0.105. The second-order valence-electron chi connectivity index (χ2n) is 11.4. The van der Waals surface area contributed by atoms with Crippen LogP contribution >= 0.6 is 0 Å². The number of hydrogen-bond acceptors (Lipinski definition) is 10. The van der Waals surface area contributed by atoms with E-state index >= 15 is 0 Å². The van der Waals surface area contributed by atoms with E-state index in [0.717, 1.165) is 106 Å². The smallest absolute Gasteiger partial charge is 0.227 e. The van der Waals surface area contributed by atoms with Crippen LogP contribution in [0, 0.1) is 18.3 Å². The topological polar surface area (TPSA) is 111 Å². The van der Waals surface area contributed by atoms with Gasteiger partial charge in [0.2, 0.25) is 5.95 Å². The molecule has 3 aliphatic rings. The first-order valence-electron chi connectivity index (χ1n) is 14.5. The number of hydrogen-bond donors (Lipinski definition) is 1. The predicted molar refractivity (Wildman–Crippen MR) is 158 cm³/mol. The third-order valence-corrected chi connectivity index (χ3v) is 8.26. The van der Waals surface area contributed by atoms with Gasteiger partial charge in [0.05, 0.1) is 23.3 Å². The van der Waals surface area contributed by atoms with Gasteiger partial charge in [0, 0.05) is 94.0 Å². The molecular weight excluding hydrogens is 502 g/mol. The molecule has 0 amide bonds. The quantitative estimate of drug-likeness (QED) is 0.517. The van der Waals surface area contributed by atoms with Crippen molar-refractivity contribution in [1.82, 2.24) is 19.9 Å². The van der Waals surface area contributed by atoms with E-state index in [-0.39, 0.29) is 18.2 Å². The highest BCUT2D eigenvalue weighted by Crippen LogP contribution is 2.30. The first-order chi connectivity index (χ1) is 19.5. The Balaban J connectivity index is 1.10. The van der Waals surface area contributed by atoms with Crippen molar-refractivity contribution in [3.63, 3.8) is 0 Å². The molecule has 0 unspecified atom stereocenters. The summed E-state index contributed by atoms with van der Waals surface area (Å²) in [5.41, 5.74) is 9.71. The van der Waals surface area contributed by atoms with E-state index in [2.05, 4.69) is 62.7 Å². The van der Waals surface area contributed by atoms with Crippen LogP contribution in [0.2, 0.25) is 0 Å². The van der Waals surface area contributed by atoms with E-state index in [0.29, 0.717) is 5.56 Å². The van der Waals surface area contributed by atoms with E-state index in [1.165, 1.54) is 0 Å². The van der Waals surface area contributed by atoms with Crippen LogP contribution in [0.3, 0.4) is 0 Å². The molecule has 0 spiro atoms. The molecule has 0 saturated carbocycles. The zero-order chi connectivity index (χ0) is 27.6. The van der Waals surface area contributed by atoms with Gasteiger partial charge in [0.15, 0.2) is 0 Å². The van der Waals surface area contributed by atoms with Gasteiger partial charge in [-0.1, -0.05) is 0 Å². The van der Waals surface area contributed by atoms with Crippen LogP contribution in [-0.4, -0.2) is 97.0 Å². The second kappa shape index (κ2) is 11.5. The summed E-state index contributed by atoms with van der Waals surface area (Å²) >= 11 is 0. The number of ether oxygens (including phenoxy) is 1. The van der Waals surface area contributed by atoms with E-state index in [4.69, 9.17) is 20.4 Å². The SMILES string of the molecule is Cc1cc(N2CCN(C[C@H]3CN(c4ccc(C#N)c5ncccc45)C[C@@H](C)O3)CC2)nc(N2CCC[C@@H](N)C2)n1. The maximum absolute atomic E-state index is 9.54. The number of benzene rings is 1. The van der Waals surface area contributed by atoms with Gasteiger partial charge in [-0.15, -0.1) is 0 Å². The lowest BCUT2D eigenvalue weighted by Crippen LogP contribution is -2.54. The van der Waals surface area contributed by atoms with Crippen LogP contribution in [0.5, 0.6) is 0 Å². The molecule has 10 heteroatoms. The van der Waals surface area contributed by atoms with E-state index < -0.39 is 0 Å². The van der Waals surface area contributed by atoms with Crippen LogP contribution in [0.15, 0.2) is 36.5 Å². The first kappa shape index (κ1) is 26.7. The maximum Gasteiger partial charge on any atom is 0.227 e. The fourth-order valence-corrected chi connectivity index (χ4v) is 6.35. The highest BCUT2D eigenvalue weighted by Gasteiger charge is 2.30. The maximum atomic E-state index is 9.54. The average molecular weight is 542 g/mol. The number of rotatable bonds is 5. The lowest BCUT2D eigenvalue weighted by atomic mass is 10.1. The Morgan fingerprint density at radius 2 is 1.88 bits per heavy atom. The second-order valence-corrected chi connectivity index (χ2v) is 11.4. The zero-order valence-corrected chi connectivity index (χ0v) is 23.5. The molecular formula is C30H39N9O. The van der Waals surface area contributed by atoms with Crippen molar-refractivity contribution in [2.45, 2.75) is 44.9 Å². The number of nitriles is 1. The normalized spacial score (nSPS) is 24.4. The van der Waals surface area contributed by atoms with Crippen molar-refractivity contribution in [2.24, 2.45) is 5.73 Å². The summed E-state index contributed by atoms with van der Waals surface area (Å²) in [5.74, 6) is 1.82. The van der Waals surface area contributed by atoms with Crippen LogP contribution in [0.1, 0.15) is 31.0 Å². The Morgan fingerprint density at radius 1 is 1.02 bits per heavy atom. The Kier molecular flexibility index (Phi) is 7.69. The summed E-state index contributed by atoms with van der Waals surface area (Å²) in [6.45, 7) is 12.3. The fourth-order valence-electron chi connectivity index (χ4n) is 6.35. The van der Waals surface area contributed by atoms with Crippen LogP contribution in [0.25, 0.3) is 10.9 Å². The Hall–Kier alpha value is -3.52. The van der Waals surface area contributed by atoms with Crippen molar-refractivity contribution in [3.8, 4) is 6.07 Å². The fraction of sp³-hybridized carbons (Fsp3) is 0.533. The molecule has 6 rings (SSSR count). The van der Waals surface area contributed by atoms with Crippen molar-refractivity contribution in [1.29, 1.82) is 5.26 Å². The summed E-state index contributed by atoms with van der Waals surface area (Å²) in [7, 11) is 0. The number of aromatic nitrogens is 3. The van der Waals surface area contributed by atoms with Crippen molar-refractivity contribution in [2.75, 3.05) is 73.6 Å². The Morgan fingerprint density at radius 3 is 2.67 bits per heavy atom. The number of piperidine rings is 1. The highest BCUT2D eigenvalue weighted by atomic mass is 16.5. The number of nitrogens with two attached hydrogens (primary N) is 1. The molecule has 3 saturated heterocycles. The van der Waals surface area contributed by atoms with Crippen molar-refractivity contribution >= 4 is 28.4 Å². The minimum absolute atomic E-state index is 0.105. The Labute approximate surface area is 236 Å². The van der Waals surface area contributed by atoms with Gasteiger partial charge < -0.3 is 25.2 Å². The number of morpholine rings is 1. The summed E-state index contributed by atoms with van der Waals surface area (Å²) in [6, 6.07) is 12.5.